The van der Waals surface area contributed by atoms with Crippen LogP contribution in [-0.2, 0) is 20.9 Å². The molecule has 0 saturated heterocycles. The van der Waals surface area contributed by atoms with Gasteiger partial charge in [-0.05, 0) is 0 Å². The molecule has 0 bridgehead atoms. The van der Waals surface area contributed by atoms with Gasteiger partial charge in [-0.2, -0.15) is 0 Å². The maximum atomic E-state index is 2.67. The predicted octanol–water partition coefficient (Wildman–Crippen LogP) is 6.54. The standard InChI is InChI=1S/2C9H13.C2H7Si.Zr/c2*1-3-4-9-6-5-8(2)7-9;1-3-2;/h2*5-7H,3-4H2,1-2H3;3H,1-2H3;. The van der Waals surface area contributed by atoms with Crippen LogP contribution in [0.15, 0.2) is 47.6 Å². The van der Waals surface area contributed by atoms with Crippen molar-refractivity contribution in [2.24, 2.45) is 0 Å². The third-order valence-corrected chi connectivity index (χ3v) is 29.3. The Bertz CT molecular complexity index is 482. The van der Waals surface area contributed by atoms with E-state index in [-0.39, 0.29) is 0 Å². The second-order valence-electron chi connectivity index (χ2n) is 7.74. The van der Waals surface area contributed by atoms with Crippen LogP contribution < -0.4 is 0 Å². The Kier molecular flexibility index (Phi) is 6.11. The minimum atomic E-state index is -1.66. The van der Waals surface area contributed by atoms with Crippen LogP contribution in [0.1, 0.15) is 53.4 Å². The molecule has 0 amide bonds. The fourth-order valence-electron chi connectivity index (χ4n) is 4.57. The molecular weight excluding hydrogens is 360 g/mol. The molecule has 0 aromatic carbocycles. The summed E-state index contributed by atoms with van der Waals surface area (Å²) in [7, 11) is 0. The van der Waals surface area contributed by atoms with Crippen molar-refractivity contribution in [2.45, 2.75) is 72.7 Å². The van der Waals surface area contributed by atoms with Crippen molar-refractivity contribution in [2.75, 3.05) is 0 Å². The van der Waals surface area contributed by atoms with Crippen molar-refractivity contribution in [3.8, 4) is 0 Å². The Morgan fingerprint density at radius 1 is 0.864 bits per heavy atom. The molecular formula is C20H33SiZr. The van der Waals surface area contributed by atoms with Gasteiger partial charge in [-0.1, -0.05) is 0 Å². The molecule has 0 aliphatic heterocycles. The summed E-state index contributed by atoms with van der Waals surface area (Å²) in [6.07, 6.45) is 20.4. The first kappa shape index (κ1) is 18.4. The molecule has 0 spiro atoms. The van der Waals surface area contributed by atoms with Crippen molar-refractivity contribution in [1.82, 2.24) is 0 Å². The molecule has 0 radical (unpaired) electrons. The maximum absolute atomic E-state index is 2.67. The Morgan fingerprint density at radius 3 is 1.59 bits per heavy atom. The molecule has 2 atom stereocenters. The molecule has 0 nitrogen and oxygen atoms in total. The van der Waals surface area contributed by atoms with Crippen LogP contribution in [0.4, 0.5) is 0 Å². The van der Waals surface area contributed by atoms with E-state index in [1.54, 1.807) is 11.1 Å². The van der Waals surface area contributed by atoms with Gasteiger partial charge in [-0.25, -0.2) is 0 Å². The topological polar surface area (TPSA) is 0 Å². The van der Waals surface area contributed by atoms with E-state index in [0.717, 1.165) is 0 Å². The van der Waals surface area contributed by atoms with E-state index in [0.29, 0.717) is 6.25 Å². The van der Waals surface area contributed by atoms with Crippen LogP contribution in [0.5, 0.6) is 0 Å². The average Bonchev–Trinajstić information content (AvgIpc) is 2.95. The minimum absolute atomic E-state index is 0.435. The zero-order valence-corrected chi connectivity index (χ0v) is 19.0. The van der Waals surface area contributed by atoms with Gasteiger partial charge in [-0.3, -0.25) is 0 Å². The summed E-state index contributed by atoms with van der Waals surface area (Å²) in [5.41, 5.74) is 3.20. The molecule has 0 heterocycles. The van der Waals surface area contributed by atoms with Gasteiger partial charge < -0.3 is 0 Å². The molecule has 22 heavy (non-hydrogen) atoms. The molecule has 0 N–H and O–H groups in total. The Labute approximate surface area is 146 Å². The Hall–Kier alpha value is 0.0600. The predicted molar refractivity (Wildman–Crippen MR) is 99.9 cm³/mol. The summed E-state index contributed by atoms with van der Waals surface area (Å²) in [6.45, 7) is 14.9. The van der Waals surface area contributed by atoms with E-state index in [1.165, 1.54) is 25.7 Å². The van der Waals surface area contributed by atoms with E-state index in [1.807, 2.05) is 0 Å². The third kappa shape index (κ3) is 3.75. The van der Waals surface area contributed by atoms with Crippen molar-refractivity contribution < 1.29 is 20.9 Å². The molecule has 2 rings (SSSR count). The molecule has 2 aliphatic rings. The molecule has 0 saturated carbocycles. The molecule has 0 aromatic rings. The van der Waals surface area contributed by atoms with Crippen LogP contribution in [-0.4, -0.2) is 5.92 Å². The van der Waals surface area contributed by atoms with Gasteiger partial charge in [0.05, 0.1) is 0 Å². The summed E-state index contributed by atoms with van der Waals surface area (Å²) >= 11 is -1.66. The Balaban J connectivity index is 2.33. The van der Waals surface area contributed by atoms with E-state index >= 15 is 0 Å². The van der Waals surface area contributed by atoms with Crippen molar-refractivity contribution in [3.63, 3.8) is 0 Å². The number of allylic oxidation sites excluding steroid dienone is 8. The van der Waals surface area contributed by atoms with E-state index in [9.17, 15) is 0 Å². The van der Waals surface area contributed by atoms with Crippen molar-refractivity contribution >= 4 is 5.92 Å². The molecule has 2 heteroatoms. The number of hydrogen-bond acceptors (Lipinski definition) is 0. The van der Waals surface area contributed by atoms with Gasteiger partial charge >= 0.3 is 147 Å². The first-order valence-electron chi connectivity index (χ1n) is 9.04. The molecule has 0 aromatic heterocycles. The van der Waals surface area contributed by atoms with Gasteiger partial charge in [0, 0.05) is 0 Å². The van der Waals surface area contributed by atoms with Crippen LogP contribution >= 0.6 is 0 Å². The average molecular weight is 393 g/mol. The zero-order chi connectivity index (χ0) is 16.4. The van der Waals surface area contributed by atoms with Crippen molar-refractivity contribution in [1.29, 1.82) is 0 Å². The summed E-state index contributed by atoms with van der Waals surface area (Å²) in [5.74, 6) is -0.616. The van der Waals surface area contributed by atoms with Crippen LogP contribution in [0.25, 0.3) is 0 Å². The van der Waals surface area contributed by atoms with Gasteiger partial charge in [0.15, 0.2) is 0 Å². The molecule has 2 aliphatic carbocycles. The van der Waals surface area contributed by atoms with Crippen LogP contribution in [0, 0.1) is 0 Å². The third-order valence-electron chi connectivity index (χ3n) is 5.07. The van der Waals surface area contributed by atoms with Crippen LogP contribution in [0.3, 0.4) is 0 Å². The molecule has 121 valence electrons. The molecule has 2 unspecified atom stereocenters. The van der Waals surface area contributed by atoms with Gasteiger partial charge in [0.2, 0.25) is 0 Å². The van der Waals surface area contributed by atoms with E-state index < -0.39 is 26.8 Å². The van der Waals surface area contributed by atoms with Crippen molar-refractivity contribution in [3.05, 3.63) is 47.6 Å². The normalized spacial score (nSPS) is 30.1. The quantitative estimate of drug-likeness (QED) is 0.432. The number of rotatable bonds is 7. The summed E-state index contributed by atoms with van der Waals surface area (Å²) in [6, 6.07) is 0. The summed E-state index contributed by atoms with van der Waals surface area (Å²) < 4.78 is 0.870. The second kappa shape index (κ2) is 7.31. The fourth-order valence-corrected chi connectivity index (χ4v) is 33.4. The molecule has 0 fully saturated rings. The van der Waals surface area contributed by atoms with Crippen LogP contribution in [0.2, 0.25) is 19.3 Å². The van der Waals surface area contributed by atoms with Gasteiger partial charge in [0.25, 0.3) is 0 Å². The van der Waals surface area contributed by atoms with Gasteiger partial charge in [0.1, 0.15) is 0 Å². The first-order chi connectivity index (χ1) is 10.3. The fraction of sp³-hybridized carbons (Fsp3) is 0.600. The first-order valence-corrected chi connectivity index (χ1v) is 18.6. The zero-order valence-electron chi connectivity index (χ0n) is 15.4. The summed E-state index contributed by atoms with van der Waals surface area (Å²) in [4.78, 5) is 0. The van der Waals surface area contributed by atoms with E-state index in [4.69, 9.17) is 0 Å². The number of hydrogen-bond donors (Lipinski definition) is 0. The monoisotopic (exact) mass is 391 g/mol. The second-order valence-corrected chi connectivity index (χ2v) is 29.3. The Morgan fingerprint density at radius 2 is 1.27 bits per heavy atom. The van der Waals surface area contributed by atoms with E-state index in [2.05, 4.69) is 77.2 Å². The SMILES string of the molecule is CCCC1=C[C](C)([Zr]([SiH](C)C)[C]2(C)C=CC(CCC)=C2)C=C1. The van der Waals surface area contributed by atoms with Gasteiger partial charge in [-0.15, -0.1) is 0 Å². The summed E-state index contributed by atoms with van der Waals surface area (Å²) in [5, 5.41) is 0.